The van der Waals surface area contributed by atoms with Crippen LogP contribution in [0, 0.1) is 5.92 Å². The van der Waals surface area contributed by atoms with Gasteiger partial charge in [-0.3, -0.25) is 4.79 Å². The van der Waals surface area contributed by atoms with Gasteiger partial charge in [0.2, 0.25) is 0 Å². The van der Waals surface area contributed by atoms with E-state index in [1.807, 2.05) is 12.1 Å². The molecule has 1 heterocycles. The van der Waals surface area contributed by atoms with Crippen molar-refractivity contribution in [2.45, 2.75) is 18.6 Å². The number of allylic oxidation sites excluding steroid dienone is 5. The van der Waals surface area contributed by atoms with Crippen LogP contribution in [-0.4, -0.2) is 16.8 Å². The molecule has 1 N–H and O–H groups in total. The van der Waals surface area contributed by atoms with Gasteiger partial charge in [-0.05, 0) is 34.4 Å². The van der Waals surface area contributed by atoms with Crippen molar-refractivity contribution in [2.75, 3.05) is 5.75 Å². The summed E-state index contributed by atoms with van der Waals surface area (Å²) in [6, 6.07) is 25.3. The van der Waals surface area contributed by atoms with Crippen molar-refractivity contribution >= 4 is 23.3 Å². The van der Waals surface area contributed by atoms with Gasteiger partial charge in [0.1, 0.15) is 11.5 Å². The molecule has 2 bridgehead atoms. The summed E-state index contributed by atoms with van der Waals surface area (Å²) in [5, 5.41) is 9.01. The smallest absolute Gasteiger partial charge is 0.307 e. The Morgan fingerprint density at radius 2 is 1.65 bits per heavy atom. The summed E-state index contributed by atoms with van der Waals surface area (Å²) >= 11 is 1.66. The highest BCUT2D eigenvalue weighted by atomic mass is 32.2. The number of benzene rings is 3. The third kappa shape index (κ3) is 4.73. The number of carboxylic acid groups (broad SMARTS) is 1. The maximum atomic E-state index is 11.0. The van der Waals surface area contributed by atoms with Gasteiger partial charge < -0.3 is 9.84 Å². The number of fused-ring (bicyclic) bond motifs is 3. The highest BCUT2D eigenvalue weighted by Crippen LogP contribution is 2.41. The van der Waals surface area contributed by atoms with Crippen LogP contribution in [0.15, 0.2) is 103 Å². The molecule has 0 aromatic heterocycles. The highest BCUT2D eigenvalue weighted by molar-refractivity contribution is 7.98. The predicted octanol–water partition coefficient (Wildman–Crippen LogP) is 7.32. The Hall–Kier alpha value is -3.50. The van der Waals surface area contributed by atoms with Crippen LogP contribution >= 0.6 is 11.8 Å². The van der Waals surface area contributed by atoms with E-state index in [-0.39, 0.29) is 11.8 Å². The number of aliphatic carboxylic acids is 1. The molecule has 0 saturated heterocycles. The first kappa shape index (κ1) is 22.3. The van der Waals surface area contributed by atoms with Crippen LogP contribution in [-0.2, 0) is 10.5 Å². The number of carboxylic acids is 1. The molecule has 170 valence electrons. The molecule has 3 nitrogen and oxygen atoms in total. The molecule has 2 atom stereocenters. The largest absolute Gasteiger partial charge is 0.481 e. The lowest BCUT2D eigenvalue weighted by Crippen LogP contribution is -2.11. The van der Waals surface area contributed by atoms with Crippen LogP contribution in [0.25, 0.3) is 16.7 Å². The minimum absolute atomic E-state index is 0.233. The first-order valence-electron chi connectivity index (χ1n) is 11.5. The molecule has 2 unspecified atom stereocenters. The van der Waals surface area contributed by atoms with Gasteiger partial charge in [-0.2, -0.15) is 11.8 Å². The lowest BCUT2D eigenvalue weighted by Gasteiger charge is -2.23. The summed E-state index contributed by atoms with van der Waals surface area (Å²) in [4.78, 5) is 11.0. The topological polar surface area (TPSA) is 46.5 Å². The highest BCUT2D eigenvalue weighted by Gasteiger charge is 2.23. The van der Waals surface area contributed by atoms with E-state index >= 15 is 0 Å². The summed E-state index contributed by atoms with van der Waals surface area (Å²) in [6.45, 7) is 1.75. The molecule has 0 fully saturated rings. The standard InChI is InChI=1S/C30H26O3S/c1-20(30(31)32)18-34-19-21-9-11-22(12-10-21)23-13-15-24(16-14-23)26-7-4-5-25-17-29(26)33-28-8-3-2-6-27(25)28/h2-17,20,25H,18-19H2,1H3,(H,31,32). The van der Waals surface area contributed by atoms with Crippen LogP contribution in [0.1, 0.15) is 29.5 Å². The Bertz CT molecular complexity index is 1280. The lowest BCUT2D eigenvalue weighted by atomic mass is 9.93. The fourth-order valence-electron chi connectivity index (χ4n) is 4.21. The van der Waals surface area contributed by atoms with Crippen molar-refractivity contribution in [1.82, 2.24) is 0 Å². The van der Waals surface area contributed by atoms with Crippen LogP contribution in [0.4, 0.5) is 0 Å². The van der Waals surface area contributed by atoms with Gasteiger partial charge in [-0.1, -0.05) is 91.9 Å². The zero-order chi connectivity index (χ0) is 23.5. The van der Waals surface area contributed by atoms with Gasteiger partial charge in [-0.15, -0.1) is 0 Å². The molecule has 4 heteroatoms. The van der Waals surface area contributed by atoms with Crippen LogP contribution in [0.3, 0.4) is 0 Å². The number of thioether (sulfide) groups is 1. The zero-order valence-corrected chi connectivity index (χ0v) is 19.8. The minimum Gasteiger partial charge on any atom is -0.481 e. The second kappa shape index (κ2) is 9.78. The van der Waals surface area contributed by atoms with Gasteiger partial charge in [0.05, 0.1) is 5.92 Å². The molecular weight excluding hydrogens is 440 g/mol. The normalized spacial score (nSPS) is 17.0. The lowest BCUT2D eigenvalue weighted by molar-refractivity contribution is -0.140. The van der Waals surface area contributed by atoms with E-state index in [4.69, 9.17) is 9.84 Å². The Morgan fingerprint density at radius 3 is 2.38 bits per heavy atom. The fraction of sp³-hybridized carbons (Fsp3) is 0.167. The van der Waals surface area contributed by atoms with Gasteiger partial charge in [0.15, 0.2) is 0 Å². The summed E-state index contributed by atoms with van der Waals surface area (Å²) in [6.07, 6.45) is 8.66. The van der Waals surface area contributed by atoms with Crippen molar-refractivity contribution in [1.29, 1.82) is 0 Å². The molecule has 0 amide bonds. The number of rotatable bonds is 7. The third-order valence-electron chi connectivity index (χ3n) is 6.22. The van der Waals surface area contributed by atoms with Crippen molar-refractivity contribution in [3.63, 3.8) is 0 Å². The maximum Gasteiger partial charge on any atom is 0.307 e. The number of hydrogen-bond donors (Lipinski definition) is 1. The van der Waals surface area contributed by atoms with E-state index in [1.54, 1.807) is 18.7 Å². The summed E-state index contributed by atoms with van der Waals surface area (Å²) in [7, 11) is 0. The molecular formula is C30H26O3S. The van der Waals surface area contributed by atoms with E-state index in [9.17, 15) is 4.79 Å². The van der Waals surface area contributed by atoms with Crippen molar-refractivity contribution < 1.29 is 14.6 Å². The second-order valence-electron chi connectivity index (χ2n) is 8.69. The van der Waals surface area contributed by atoms with E-state index in [2.05, 4.69) is 85.0 Å². The van der Waals surface area contributed by atoms with Crippen LogP contribution < -0.4 is 4.74 Å². The molecule has 1 aliphatic carbocycles. The average Bonchev–Trinajstić information content (AvgIpc) is 3.03. The first-order valence-corrected chi connectivity index (χ1v) is 12.6. The average molecular weight is 467 g/mol. The molecule has 3 aromatic rings. The minimum atomic E-state index is -0.738. The number of carbonyl (C=O) groups is 1. The van der Waals surface area contributed by atoms with Crippen LogP contribution in [0.2, 0.25) is 0 Å². The Kier molecular flexibility index (Phi) is 6.41. The van der Waals surface area contributed by atoms with E-state index in [0.717, 1.165) is 39.5 Å². The van der Waals surface area contributed by atoms with Gasteiger partial charge in [0, 0.05) is 28.6 Å². The molecule has 2 aliphatic rings. The molecule has 0 radical (unpaired) electrons. The third-order valence-corrected chi connectivity index (χ3v) is 7.49. The maximum absolute atomic E-state index is 11.0. The van der Waals surface area contributed by atoms with Crippen molar-refractivity contribution in [3.05, 3.63) is 120 Å². The van der Waals surface area contributed by atoms with Crippen molar-refractivity contribution in [2.24, 2.45) is 5.92 Å². The summed E-state index contributed by atoms with van der Waals surface area (Å²) < 4.78 is 6.26. The number of hydrogen-bond acceptors (Lipinski definition) is 3. The fourth-order valence-corrected chi connectivity index (χ4v) is 5.25. The Morgan fingerprint density at radius 1 is 0.971 bits per heavy atom. The number of para-hydroxylation sites is 1. The molecule has 0 spiro atoms. The molecule has 1 aliphatic heterocycles. The number of ether oxygens (including phenoxy) is 1. The van der Waals surface area contributed by atoms with E-state index < -0.39 is 5.97 Å². The molecule has 34 heavy (non-hydrogen) atoms. The molecule has 3 aromatic carbocycles. The second-order valence-corrected chi connectivity index (χ2v) is 9.72. The Labute approximate surface area is 204 Å². The van der Waals surface area contributed by atoms with E-state index in [1.165, 1.54) is 11.1 Å². The van der Waals surface area contributed by atoms with Gasteiger partial charge >= 0.3 is 5.97 Å². The predicted molar refractivity (Wildman–Crippen MR) is 140 cm³/mol. The summed E-state index contributed by atoms with van der Waals surface area (Å²) in [5.74, 6) is 2.44. The monoisotopic (exact) mass is 466 g/mol. The summed E-state index contributed by atoms with van der Waals surface area (Å²) in [5.41, 5.74) is 6.94. The van der Waals surface area contributed by atoms with Crippen molar-refractivity contribution in [3.8, 4) is 16.9 Å². The first-order chi connectivity index (χ1) is 16.6. The molecule has 5 rings (SSSR count). The quantitative estimate of drug-likeness (QED) is 0.396. The molecule has 0 saturated carbocycles. The van der Waals surface area contributed by atoms with E-state index in [0.29, 0.717) is 5.75 Å². The SMILES string of the molecule is CC(CSCc1ccc(-c2ccc(C3=CC=CC4C=C3Oc3ccccc34)cc2)cc1)C(=O)O. The van der Waals surface area contributed by atoms with Gasteiger partial charge in [-0.25, -0.2) is 0 Å². The van der Waals surface area contributed by atoms with Crippen LogP contribution in [0.5, 0.6) is 5.75 Å². The van der Waals surface area contributed by atoms with Gasteiger partial charge in [0.25, 0.3) is 0 Å². The zero-order valence-electron chi connectivity index (χ0n) is 19.0. The Balaban J connectivity index is 1.28.